The minimum absolute atomic E-state index is 0.171. The summed E-state index contributed by atoms with van der Waals surface area (Å²) in [4.78, 5) is 24.7. The van der Waals surface area contributed by atoms with E-state index in [0.29, 0.717) is 5.82 Å². The summed E-state index contributed by atoms with van der Waals surface area (Å²) in [5, 5.41) is 9.91. The van der Waals surface area contributed by atoms with Gasteiger partial charge in [-0.25, -0.2) is 9.07 Å². The molecule has 0 radical (unpaired) electrons. The van der Waals surface area contributed by atoms with Crippen LogP contribution in [0.3, 0.4) is 0 Å². The lowest BCUT2D eigenvalue weighted by atomic mass is 10.2. The summed E-state index contributed by atoms with van der Waals surface area (Å²) in [7, 11) is 0. The van der Waals surface area contributed by atoms with E-state index < -0.39 is 0 Å². The van der Waals surface area contributed by atoms with Gasteiger partial charge in [-0.3, -0.25) is 9.59 Å². The van der Waals surface area contributed by atoms with Gasteiger partial charge in [0.2, 0.25) is 5.91 Å². The van der Waals surface area contributed by atoms with E-state index in [4.69, 9.17) is 0 Å². The largest absolute Gasteiger partial charge is 0.347 e. The summed E-state index contributed by atoms with van der Waals surface area (Å²) >= 11 is 0. The van der Waals surface area contributed by atoms with Gasteiger partial charge in [0.15, 0.2) is 5.69 Å². The quantitative estimate of drug-likeness (QED) is 0.687. The van der Waals surface area contributed by atoms with Gasteiger partial charge in [-0.1, -0.05) is 44.2 Å². The summed E-state index contributed by atoms with van der Waals surface area (Å²) in [5.41, 5.74) is 1.66. The first-order chi connectivity index (χ1) is 13.4. The molecule has 1 aromatic heterocycles. The molecular weight excluding hydrogens is 359 g/mol. The van der Waals surface area contributed by atoms with Gasteiger partial charge in [0.05, 0.1) is 5.69 Å². The highest BCUT2D eigenvalue weighted by molar-refractivity contribution is 5.96. The minimum Gasteiger partial charge on any atom is -0.347 e. The van der Waals surface area contributed by atoms with Gasteiger partial charge in [-0.2, -0.15) is 5.10 Å². The first-order valence-corrected chi connectivity index (χ1v) is 8.93. The van der Waals surface area contributed by atoms with Crippen molar-refractivity contribution in [2.75, 3.05) is 5.32 Å². The summed E-state index contributed by atoms with van der Waals surface area (Å²) in [6.07, 6.45) is 0. The van der Waals surface area contributed by atoms with Gasteiger partial charge in [-0.15, -0.1) is 0 Å². The highest BCUT2D eigenvalue weighted by atomic mass is 19.1. The maximum atomic E-state index is 13.0. The van der Waals surface area contributed by atoms with Crippen molar-refractivity contribution in [3.8, 4) is 5.69 Å². The van der Waals surface area contributed by atoms with E-state index >= 15 is 0 Å². The molecule has 2 N–H and O–H groups in total. The topological polar surface area (TPSA) is 76.0 Å². The lowest BCUT2D eigenvalue weighted by Crippen LogP contribution is -2.23. The molecule has 6 nitrogen and oxygen atoms in total. The highest BCUT2D eigenvalue weighted by Crippen LogP contribution is 2.18. The van der Waals surface area contributed by atoms with E-state index in [1.165, 1.54) is 22.9 Å². The van der Waals surface area contributed by atoms with E-state index in [9.17, 15) is 14.0 Å². The third-order valence-corrected chi connectivity index (χ3v) is 4.08. The third kappa shape index (κ3) is 4.62. The van der Waals surface area contributed by atoms with Crippen LogP contribution >= 0.6 is 0 Å². The van der Waals surface area contributed by atoms with Crippen molar-refractivity contribution < 1.29 is 14.0 Å². The van der Waals surface area contributed by atoms with E-state index in [0.717, 1.165) is 11.3 Å². The minimum atomic E-state index is -0.390. The second-order valence-electron chi connectivity index (χ2n) is 6.62. The van der Waals surface area contributed by atoms with Crippen LogP contribution in [0.25, 0.3) is 5.69 Å². The van der Waals surface area contributed by atoms with Crippen LogP contribution in [0, 0.1) is 11.7 Å². The van der Waals surface area contributed by atoms with E-state index in [-0.39, 0.29) is 35.8 Å². The Bertz CT molecular complexity index is 966. The number of anilines is 1. The fraction of sp³-hybridized carbons (Fsp3) is 0.190. The van der Waals surface area contributed by atoms with Crippen LogP contribution in [-0.4, -0.2) is 21.6 Å². The number of hydrogen-bond donors (Lipinski definition) is 2. The number of amides is 2. The van der Waals surface area contributed by atoms with Gasteiger partial charge in [0.25, 0.3) is 5.91 Å². The second kappa shape index (κ2) is 8.47. The van der Waals surface area contributed by atoms with Crippen molar-refractivity contribution in [2.45, 2.75) is 20.4 Å². The molecule has 0 aliphatic rings. The Balaban J connectivity index is 1.82. The molecule has 0 spiro atoms. The van der Waals surface area contributed by atoms with E-state index in [1.54, 1.807) is 26.0 Å². The molecule has 0 saturated carbocycles. The lowest BCUT2D eigenvalue weighted by molar-refractivity contribution is -0.118. The van der Waals surface area contributed by atoms with Crippen molar-refractivity contribution in [3.05, 3.63) is 77.7 Å². The third-order valence-electron chi connectivity index (χ3n) is 4.08. The van der Waals surface area contributed by atoms with Gasteiger partial charge in [0.1, 0.15) is 11.6 Å². The number of aromatic nitrogens is 2. The average molecular weight is 380 g/mol. The molecule has 0 fully saturated rings. The molecule has 3 rings (SSSR count). The van der Waals surface area contributed by atoms with Crippen LogP contribution in [0.4, 0.5) is 10.2 Å². The average Bonchev–Trinajstić information content (AvgIpc) is 3.11. The van der Waals surface area contributed by atoms with Crippen LogP contribution < -0.4 is 10.6 Å². The monoisotopic (exact) mass is 380 g/mol. The Morgan fingerprint density at radius 3 is 2.39 bits per heavy atom. The number of hydrogen-bond acceptors (Lipinski definition) is 3. The Morgan fingerprint density at radius 1 is 1.07 bits per heavy atom. The molecule has 7 heteroatoms. The Labute approximate surface area is 162 Å². The zero-order valence-electron chi connectivity index (χ0n) is 15.6. The number of para-hydroxylation sites is 1. The van der Waals surface area contributed by atoms with Gasteiger partial charge < -0.3 is 10.6 Å². The molecule has 2 aromatic carbocycles. The molecule has 0 atom stereocenters. The molecule has 3 aromatic rings. The van der Waals surface area contributed by atoms with Crippen molar-refractivity contribution in [2.24, 2.45) is 5.92 Å². The SMILES string of the molecule is CC(C)C(=O)Nc1cc(C(=O)NCc2ccc(F)cc2)nn1-c1ccccc1. The smallest absolute Gasteiger partial charge is 0.272 e. The maximum absolute atomic E-state index is 13.0. The number of benzene rings is 2. The van der Waals surface area contributed by atoms with Crippen molar-refractivity contribution in [1.29, 1.82) is 0 Å². The van der Waals surface area contributed by atoms with E-state index in [2.05, 4.69) is 15.7 Å². The number of carbonyl (C=O) groups is 2. The number of nitrogens with one attached hydrogen (secondary N) is 2. The first kappa shape index (κ1) is 19.3. The molecule has 28 heavy (non-hydrogen) atoms. The molecule has 0 bridgehead atoms. The van der Waals surface area contributed by atoms with Crippen LogP contribution in [0.15, 0.2) is 60.7 Å². The van der Waals surface area contributed by atoms with Crippen LogP contribution in [0.1, 0.15) is 29.9 Å². The van der Waals surface area contributed by atoms with E-state index in [1.807, 2.05) is 30.3 Å². The van der Waals surface area contributed by atoms with Crippen LogP contribution in [0.5, 0.6) is 0 Å². The number of rotatable bonds is 6. The molecule has 0 aliphatic heterocycles. The number of halogens is 1. The standard InChI is InChI=1S/C21H21FN4O2/c1-14(2)20(27)24-19-12-18(25-26(19)17-6-4-3-5-7-17)21(28)23-13-15-8-10-16(22)11-9-15/h3-12,14H,13H2,1-2H3,(H,23,28)(H,24,27). The summed E-state index contributed by atoms with van der Waals surface area (Å²) in [6, 6.07) is 16.6. The van der Waals surface area contributed by atoms with Crippen molar-refractivity contribution in [3.63, 3.8) is 0 Å². The normalized spacial score (nSPS) is 10.7. The predicted octanol–water partition coefficient (Wildman–Crippen LogP) is 3.54. The zero-order valence-corrected chi connectivity index (χ0v) is 15.6. The molecule has 1 heterocycles. The molecule has 144 valence electrons. The fourth-order valence-electron chi connectivity index (χ4n) is 2.49. The molecule has 0 saturated heterocycles. The Morgan fingerprint density at radius 2 is 1.75 bits per heavy atom. The zero-order chi connectivity index (χ0) is 20.1. The highest BCUT2D eigenvalue weighted by Gasteiger charge is 2.18. The van der Waals surface area contributed by atoms with Crippen LogP contribution in [-0.2, 0) is 11.3 Å². The Hall–Kier alpha value is -3.48. The summed E-state index contributed by atoms with van der Waals surface area (Å²) in [6.45, 7) is 3.81. The first-order valence-electron chi connectivity index (χ1n) is 8.93. The molecular formula is C21H21FN4O2. The summed E-state index contributed by atoms with van der Waals surface area (Å²) < 4.78 is 14.5. The van der Waals surface area contributed by atoms with Crippen molar-refractivity contribution >= 4 is 17.6 Å². The van der Waals surface area contributed by atoms with Crippen molar-refractivity contribution in [1.82, 2.24) is 15.1 Å². The molecule has 2 amide bonds. The van der Waals surface area contributed by atoms with Gasteiger partial charge in [-0.05, 0) is 29.8 Å². The predicted molar refractivity (Wildman–Crippen MR) is 105 cm³/mol. The van der Waals surface area contributed by atoms with Crippen LogP contribution in [0.2, 0.25) is 0 Å². The molecule has 0 aliphatic carbocycles. The second-order valence-corrected chi connectivity index (χ2v) is 6.62. The number of nitrogens with zero attached hydrogens (tertiary/aromatic N) is 2. The molecule has 0 unspecified atom stereocenters. The number of carbonyl (C=O) groups excluding carboxylic acids is 2. The van der Waals surface area contributed by atoms with Gasteiger partial charge in [0, 0.05) is 18.5 Å². The maximum Gasteiger partial charge on any atom is 0.272 e. The summed E-state index contributed by atoms with van der Waals surface area (Å²) in [5.74, 6) is -0.691. The van der Waals surface area contributed by atoms with Gasteiger partial charge >= 0.3 is 0 Å². The Kier molecular flexibility index (Phi) is 5.84. The lowest BCUT2D eigenvalue weighted by Gasteiger charge is -2.10. The fourth-order valence-corrected chi connectivity index (χ4v) is 2.49.